The Bertz CT molecular complexity index is 1000. The van der Waals surface area contributed by atoms with Gasteiger partial charge in [0.25, 0.3) is 0 Å². The molecule has 1 saturated carbocycles. The zero-order valence-corrected chi connectivity index (χ0v) is 17.8. The maximum atomic E-state index is 12.3. The third-order valence-electron chi connectivity index (χ3n) is 4.87. The number of rotatable bonds is 4. The summed E-state index contributed by atoms with van der Waals surface area (Å²) < 4.78 is 9.61. The molecule has 0 bridgehead atoms. The van der Waals surface area contributed by atoms with Crippen LogP contribution in [0.5, 0.6) is 0 Å². The number of halogens is 2. The van der Waals surface area contributed by atoms with E-state index in [1.54, 1.807) is 12.3 Å². The highest BCUT2D eigenvalue weighted by Crippen LogP contribution is 2.31. The Morgan fingerprint density at radius 2 is 2.04 bits per heavy atom. The molecule has 1 amide bonds. The van der Waals surface area contributed by atoms with Crippen molar-refractivity contribution in [2.75, 3.05) is 0 Å². The largest absolute Gasteiger partial charge is 0.450 e. The van der Waals surface area contributed by atoms with Gasteiger partial charge in [0.15, 0.2) is 5.76 Å². The van der Waals surface area contributed by atoms with Gasteiger partial charge in [0.05, 0.1) is 10.7 Å². The molecule has 0 spiro atoms. The van der Waals surface area contributed by atoms with Crippen LogP contribution in [0.2, 0.25) is 0 Å². The van der Waals surface area contributed by atoms with Gasteiger partial charge in [0, 0.05) is 33.9 Å². The topological polar surface area (TPSA) is 59.5 Å². The van der Waals surface area contributed by atoms with Crippen LogP contribution in [0.4, 0.5) is 0 Å². The Hall–Kier alpha value is -1.86. The fraction of sp³-hybridized carbons (Fsp3) is 0.300. The lowest BCUT2D eigenvalue weighted by atomic mass is 9.95. The molecule has 140 valence electrons. The van der Waals surface area contributed by atoms with E-state index in [2.05, 4.69) is 59.3 Å². The number of hydrogen-bond acceptors (Lipinski definition) is 3. The van der Waals surface area contributed by atoms with Gasteiger partial charge in [-0.2, -0.15) is 5.10 Å². The second-order valence-corrected chi connectivity index (χ2v) is 8.57. The molecule has 0 unspecified atom stereocenters. The number of furan rings is 1. The third-order valence-corrected chi connectivity index (χ3v) is 5.92. The SMILES string of the molecule is O=C(N/N=C\c1ccn(C2CCCCC2)c1)c1cc2cc(Br)cc(Br)c2o1. The van der Waals surface area contributed by atoms with Crippen LogP contribution in [-0.2, 0) is 0 Å². The van der Waals surface area contributed by atoms with Gasteiger partial charge in [0.1, 0.15) is 5.58 Å². The molecule has 1 aliphatic carbocycles. The van der Waals surface area contributed by atoms with Crippen molar-refractivity contribution in [1.29, 1.82) is 0 Å². The minimum absolute atomic E-state index is 0.223. The summed E-state index contributed by atoms with van der Waals surface area (Å²) in [7, 11) is 0. The van der Waals surface area contributed by atoms with Crippen molar-refractivity contribution < 1.29 is 9.21 Å². The first-order valence-electron chi connectivity index (χ1n) is 8.99. The summed E-state index contributed by atoms with van der Waals surface area (Å²) in [6.45, 7) is 0. The van der Waals surface area contributed by atoms with E-state index in [0.717, 1.165) is 19.9 Å². The number of nitrogens with zero attached hydrogens (tertiary/aromatic N) is 2. The van der Waals surface area contributed by atoms with Crippen LogP contribution in [0.15, 0.2) is 55.1 Å². The zero-order chi connectivity index (χ0) is 18.8. The maximum absolute atomic E-state index is 12.3. The Balaban J connectivity index is 1.42. The number of aromatic nitrogens is 1. The molecule has 1 N–H and O–H groups in total. The number of fused-ring (bicyclic) bond motifs is 1. The Kier molecular flexibility index (Phi) is 5.50. The van der Waals surface area contributed by atoms with Gasteiger partial charge >= 0.3 is 5.91 Å². The highest BCUT2D eigenvalue weighted by atomic mass is 79.9. The van der Waals surface area contributed by atoms with Crippen molar-refractivity contribution in [3.05, 3.63) is 56.9 Å². The molecule has 1 aliphatic rings. The second kappa shape index (κ2) is 8.02. The molecule has 1 fully saturated rings. The summed E-state index contributed by atoms with van der Waals surface area (Å²) in [5.74, 6) is -0.155. The lowest BCUT2D eigenvalue weighted by Gasteiger charge is -2.23. The average Bonchev–Trinajstić information content (AvgIpc) is 3.29. The number of hydrazone groups is 1. The molecule has 1 aromatic carbocycles. The highest BCUT2D eigenvalue weighted by molar-refractivity contribution is 9.11. The number of carbonyl (C=O) groups is 1. The number of amides is 1. The van der Waals surface area contributed by atoms with Gasteiger partial charge < -0.3 is 8.98 Å². The molecule has 7 heteroatoms. The molecule has 3 aromatic rings. The van der Waals surface area contributed by atoms with Crippen molar-refractivity contribution in [1.82, 2.24) is 9.99 Å². The van der Waals surface area contributed by atoms with E-state index in [1.165, 1.54) is 32.1 Å². The van der Waals surface area contributed by atoms with Crippen LogP contribution in [0, 0.1) is 0 Å². The molecule has 5 nitrogen and oxygen atoms in total. The summed E-state index contributed by atoms with van der Waals surface area (Å²) >= 11 is 6.87. The predicted octanol–water partition coefficient (Wildman–Crippen LogP) is 6.03. The Morgan fingerprint density at radius 1 is 1.22 bits per heavy atom. The first-order valence-corrected chi connectivity index (χ1v) is 10.6. The first kappa shape index (κ1) is 18.5. The molecule has 0 saturated heterocycles. The quantitative estimate of drug-likeness (QED) is 0.357. The second-order valence-electron chi connectivity index (χ2n) is 6.80. The molecular weight excluding hydrogens is 474 g/mol. The summed E-state index contributed by atoms with van der Waals surface area (Å²) in [5, 5.41) is 4.91. The summed E-state index contributed by atoms with van der Waals surface area (Å²) in [4.78, 5) is 12.3. The first-order chi connectivity index (χ1) is 13.1. The van der Waals surface area contributed by atoms with E-state index >= 15 is 0 Å². The van der Waals surface area contributed by atoms with Crippen LogP contribution in [-0.4, -0.2) is 16.7 Å². The summed E-state index contributed by atoms with van der Waals surface area (Å²) in [5.41, 5.74) is 4.14. The summed E-state index contributed by atoms with van der Waals surface area (Å²) in [6, 6.07) is 8.08. The molecule has 0 atom stereocenters. The lowest BCUT2D eigenvalue weighted by Crippen LogP contribution is -2.16. The van der Waals surface area contributed by atoms with Crippen molar-refractivity contribution in [2.45, 2.75) is 38.1 Å². The fourth-order valence-electron chi connectivity index (χ4n) is 3.52. The minimum Gasteiger partial charge on any atom is -0.450 e. The van der Waals surface area contributed by atoms with Crippen LogP contribution < -0.4 is 5.43 Å². The van der Waals surface area contributed by atoms with E-state index in [0.29, 0.717) is 11.6 Å². The number of benzene rings is 1. The van der Waals surface area contributed by atoms with Crippen LogP contribution in [0.1, 0.15) is 54.3 Å². The molecule has 0 radical (unpaired) electrons. The van der Waals surface area contributed by atoms with Crippen LogP contribution in [0.25, 0.3) is 11.0 Å². The van der Waals surface area contributed by atoms with Gasteiger partial charge in [-0.15, -0.1) is 0 Å². The Labute approximate surface area is 174 Å². The van der Waals surface area contributed by atoms with Gasteiger partial charge in [-0.25, -0.2) is 5.43 Å². The normalized spacial score (nSPS) is 15.6. The van der Waals surface area contributed by atoms with E-state index in [4.69, 9.17) is 4.42 Å². The van der Waals surface area contributed by atoms with E-state index in [9.17, 15) is 4.79 Å². The predicted molar refractivity (Wildman–Crippen MR) is 113 cm³/mol. The monoisotopic (exact) mass is 491 g/mol. The van der Waals surface area contributed by atoms with Crippen LogP contribution in [0.3, 0.4) is 0 Å². The minimum atomic E-state index is -0.378. The number of hydrogen-bond donors (Lipinski definition) is 1. The number of carbonyl (C=O) groups excluding carboxylic acids is 1. The molecular formula is C20H19Br2N3O2. The molecule has 2 aromatic heterocycles. The van der Waals surface area contributed by atoms with E-state index < -0.39 is 0 Å². The van der Waals surface area contributed by atoms with Crippen molar-refractivity contribution in [3.8, 4) is 0 Å². The lowest BCUT2D eigenvalue weighted by molar-refractivity contribution is 0.0929. The fourth-order valence-corrected chi connectivity index (χ4v) is 4.86. The summed E-state index contributed by atoms with van der Waals surface area (Å²) in [6.07, 6.45) is 12.2. The van der Waals surface area contributed by atoms with E-state index in [1.807, 2.05) is 18.2 Å². The average molecular weight is 493 g/mol. The van der Waals surface area contributed by atoms with Gasteiger partial charge in [-0.3, -0.25) is 4.79 Å². The molecule has 2 heterocycles. The van der Waals surface area contributed by atoms with Crippen molar-refractivity contribution in [3.63, 3.8) is 0 Å². The van der Waals surface area contributed by atoms with Crippen molar-refractivity contribution >= 4 is 55.0 Å². The van der Waals surface area contributed by atoms with Crippen molar-refractivity contribution in [2.24, 2.45) is 5.10 Å². The molecule has 27 heavy (non-hydrogen) atoms. The Morgan fingerprint density at radius 3 is 2.85 bits per heavy atom. The van der Waals surface area contributed by atoms with Crippen LogP contribution >= 0.6 is 31.9 Å². The zero-order valence-electron chi connectivity index (χ0n) is 14.6. The standard InChI is InChI=1S/C20H19Br2N3O2/c21-15-8-14-9-18(27-19(14)17(22)10-15)20(26)24-23-11-13-6-7-25(12-13)16-4-2-1-3-5-16/h6-12,16H,1-5H2,(H,24,26)/b23-11-. The maximum Gasteiger partial charge on any atom is 0.307 e. The molecule has 0 aliphatic heterocycles. The number of nitrogens with one attached hydrogen (secondary N) is 1. The smallest absolute Gasteiger partial charge is 0.307 e. The highest BCUT2D eigenvalue weighted by Gasteiger charge is 2.15. The molecule has 4 rings (SSSR count). The van der Waals surface area contributed by atoms with Gasteiger partial charge in [-0.05, 0) is 53.0 Å². The van der Waals surface area contributed by atoms with Gasteiger partial charge in [-0.1, -0.05) is 35.2 Å². The van der Waals surface area contributed by atoms with E-state index in [-0.39, 0.29) is 11.7 Å². The third kappa shape index (κ3) is 4.19. The van der Waals surface area contributed by atoms with Gasteiger partial charge in [0.2, 0.25) is 0 Å².